The first kappa shape index (κ1) is 12.7. The normalized spacial score (nSPS) is 22.0. The molecule has 0 spiro atoms. The van der Waals surface area contributed by atoms with Crippen molar-refractivity contribution in [3.05, 3.63) is 23.7 Å². The zero-order valence-electron chi connectivity index (χ0n) is 9.82. The summed E-state index contributed by atoms with van der Waals surface area (Å²) in [6.45, 7) is 5.96. The predicted octanol–water partition coefficient (Wildman–Crippen LogP) is 3.51. The molecule has 0 amide bonds. The van der Waals surface area contributed by atoms with E-state index in [1.54, 1.807) is 0 Å². The number of hydrogen-bond donors (Lipinski definition) is 1. The third-order valence-corrected chi connectivity index (χ3v) is 3.94. The van der Waals surface area contributed by atoms with E-state index in [9.17, 15) is 0 Å². The van der Waals surface area contributed by atoms with Crippen molar-refractivity contribution in [3.8, 4) is 0 Å². The monoisotopic (exact) mass is 227 g/mol. The molecule has 1 fully saturated rings. The molecule has 0 bridgehead atoms. The second-order valence-electron chi connectivity index (χ2n) is 3.53. The summed E-state index contributed by atoms with van der Waals surface area (Å²) in [5, 5.41) is 0.561. The van der Waals surface area contributed by atoms with Crippen LogP contribution in [0, 0.1) is 6.92 Å². The number of hydrogen-bond acceptors (Lipinski definition) is 3. The molecule has 3 heteroatoms. The minimum absolute atomic E-state index is 0.0844. The Hall–Kier alpha value is -0.410. The largest absolute Gasteiger partial charge is 0.465 e. The average Bonchev–Trinajstić information content (AvgIpc) is 2.90. The van der Waals surface area contributed by atoms with Gasteiger partial charge in [0.2, 0.25) is 0 Å². The van der Waals surface area contributed by atoms with Gasteiger partial charge >= 0.3 is 0 Å². The molecule has 1 aromatic heterocycles. The number of thioether (sulfide) groups is 1. The van der Waals surface area contributed by atoms with E-state index in [1.165, 1.54) is 18.6 Å². The third-order valence-electron chi connectivity index (χ3n) is 2.46. The maximum atomic E-state index is 6.10. The smallest absolute Gasteiger partial charge is 0.121 e. The molecule has 2 unspecified atom stereocenters. The maximum absolute atomic E-state index is 6.10. The van der Waals surface area contributed by atoms with E-state index in [0.29, 0.717) is 5.25 Å². The van der Waals surface area contributed by atoms with Gasteiger partial charge in [0.15, 0.2) is 0 Å². The summed E-state index contributed by atoms with van der Waals surface area (Å²) in [7, 11) is 0. The molecule has 1 aliphatic heterocycles. The Bertz CT molecular complexity index is 279. The summed E-state index contributed by atoms with van der Waals surface area (Å²) < 4.78 is 5.52. The van der Waals surface area contributed by atoms with Crippen molar-refractivity contribution in [2.24, 2.45) is 5.73 Å². The predicted molar refractivity (Wildman–Crippen MR) is 67.2 cm³/mol. The summed E-state index contributed by atoms with van der Waals surface area (Å²) in [5.74, 6) is 3.14. The molecule has 2 atom stereocenters. The topological polar surface area (TPSA) is 39.2 Å². The van der Waals surface area contributed by atoms with Gasteiger partial charge in [-0.25, -0.2) is 0 Å². The van der Waals surface area contributed by atoms with Gasteiger partial charge in [0.1, 0.15) is 11.5 Å². The van der Waals surface area contributed by atoms with Gasteiger partial charge < -0.3 is 10.2 Å². The SMILES string of the molecule is CC.Cc1ccc(C(N)C2CCCS2)o1. The lowest BCUT2D eigenvalue weighted by atomic mass is 10.1. The molecule has 0 aromatic carbocycles. The Kier molecular flexibility index (Phi) is 5.26. The molecule has 2 N–H and O–H groups in total. The molecule has 0 radical (unpaired) electrons. The van der Waals surface area contributed by atoms with Gasteiger partial charge in [-0.1, -0.05) is 13.8 Å². The summed E-state index contributed by atoms with van der Waals surface area (Å²) in [6.07, 6.45) is 2.52. The van der Waals surface area contributed by atoms with Crippen molar-refractivity contribution in [2.75, 3.05) is 5.75 Å². The lowest BCUT2D eigenvalue weighted by Crippen LogP contribution is -2.20. The van der Waals surface area contributed by atoms with E-state index in [4.69, 9.17) is 10.2 Å². The second kappa shape index (κ2) is 6.23. The Balaban J connectivity index is 0.000000531. The van der Waals surface area contributed by atoms with Gasteiger partial charge in [0.05, 0.1) is 6.04 Å². The highest BCUT2D eigenvalue weighted by Gasteiger charge is 2.25. The molecule has 0 saturated carbocycles. The molecular weight excluding hydrogens is 206 g/mol. The van der Waals surface area contributed by atoms with Crippen molar-refractivity contribution in [2.45, 2.75) is 44.9 Å². The van der Waals surface area contributed by atoms with Crippen LogP contribution in [0.15, 0.2) is 16.5 Å². The van der Waals surface area contributed by atoms with Crippen molar-refractivity contribution >= 4 is 11.8 Å². The molecule has 2 rings (SSSR count). The maximum Gasteiger partial charge on any atom is 0.121 e. The van der Waals surface area contributed by atoms with Crippen LogP contribution in [-0.4, -0.2) is 11.0 Å². The van der Waals surface area contributed by atoms with E-state index in [2.05, 4.69) is 0 Å². The van der Waals surface area contributed by atoms with E-state index in [0.717, 1.165) is 11.5 Å². The summed E-state index contributed by atoms with van der Waals surface area (Å²) in [4.78, 5) is 0. The average molecular weight is 227 g/mol. The molecule has 15 heavy (non-hydrogen) atoms. The van der Waals surface area contributed by atoms with Gasteiger partial charge in [0, 0.05) is 5.25 Å². The van der Waals surface area contributed by atoms with E-state index in [-0.39, 0.29) is 6.04 Å². The molecule has 0 aliphatic carbocycles. The Labute approximate surface area is 96.6 Å². The number of rotatable bonds is 2. The molecule has 2 heterocycles. The summed E-state index contributed by atoms with van der Waals surface area (Å²) in [5.41, 5.74) is 6.10. The Morgan fingerprint density at radius 3 is 2.67 bits per heavy atom. The van der Waals surface area contributed by atoms with Crippen LogP contribution in [0.1, 0.15) is 44.3 Å². The fourth-order valence-electron chi connectivity index (χ4n) is 1.70. The molecule has 2 nitrogen and oxygen atoms in total. The standard InChI is InChI=1S/C10H15NOS.C2H6/c1-7-4-5-8(12-7)10(11)9-3-2-6-13-9;1-2/h4-5,9-10H,2-3,6,11H2,1H3;1-2H3. The van der Waals surface area contributed by atoms with Crippen LogP contribution < -0.4 is 5.73 Å². The minimum atomic E-state index is 0.0844. The highest BCUT2D eigenvalue weighted by Crippen LogP contribution is 2.34. The Morgan fingerprint density at radius 1 is 1.47 bits per heavy atom. The van der Waals surface area contributed by atoms with Gasteiger partial charge in [0.25, 0.3) is 0 Å². The summed E-state index contributed by atoms with van der Waals surface area (Å²) >= 11 is 1.97. The molecule has 1 aliphatic rings. The van der Waals surface area contributed by atoms with Crippen LogP contribution in [0.25, 0.3) is 0 Å². The number of furan rings is 1. The molecule has 1 aromatic rings. The van der Waals surface area contributed by atoms with Crippen molar-refractivity contribution in [1.29, 1.82) is 0 Å². The summed E-state index contributed by atoms with van der Waals surface area (Å²) in [6, 6.07) is 4.06. The van der Waals surface area contributed by atoms with Gasteiger partial charge in [-0.05, 0) is 37.7 Å². The quantitative estimate of drug-likeness (QED) is 0.840. The van der Waals surface area contributed by atoms with E-state index in [1.807, 2.05) is 44.7 Å². The highest BCUT2D eigenvalue weighted by atomic mass is 32.2. The first-order valence-electron chi connectivity index (χ1n) is 5.71. The zero-order valence-corrected chi connectivity index (χ0v) is 10.6. The van der Waals surface area contributed by atoms with E-state index < -0.39 is 0 Å². The second-order valence-corrected chi connectivity index (χ2v) is 4.87. The molecule has 86 valence electrons. The van der Waals surface area contributed by atoms with Crippen molar-refractivity contribution < 1.29 is 4.42 Å². The van der Waals surface area contributed by atoms with Crippen LogP contribution in [0.2, 0.25) is 0 Å². The Morgan fingerprint density at radius 2 is 2.20 bits per heavy atom. The third kappa shape index (κ3) is 3.28. The van der Waals surface area contributed by atoms with Crippen LogP contribution in [0.3, 0.4) is 0 Å². The lowest BCUT2D eigenvalue weighted by molar-refractivity contribution is 0.437. The lowest BCUT2D eigenvalue weighted by Gasteiger charge is -2.15. The molecular formula is C12H21NOS. The van der Waals surface area contributed by atoms with Crippen LogP contribution in [-0.2, 0) is 0 Å². The van der Waals surface area contributed by atoms with Crippen LogP contribution in [0.5, 0.6) is 0 Å². The fraction of sp³-hybridized carbons (Fsp3) is 0.667. The first-order valence-corrected chi connectivity index (χ1v) is 6.76. The van der Waals surface area contributed by atoms with Crippen molar-refractivity contribution in [3.63, 3.8) is 0 Å². The number of nitrogens with two attached hydrogens (primary N) is 1. The van der Waals surface area contributed by atoms with Crippen LogP contribution in [0.4, 0.5) is 0 Å². The number of aryl methyl sites for hydroxylation is 1. The molecule has 1 saturated heterocycles. The minimum Gasteiger partial charge on any atom is -0.465 e. The van der Waals surface area contributed by atoms with E-state index >= 15 is 0 Å². The van der Waals surface area contributed by atoms with Gasteiger partial charge in [-0.15, -0.1) is 0 Å². The highest BCUT2D eigenvalue weighted by molar-refractivity contribution is 8.00. The fourth-order valence-corrected chi connectivity index (χ4v) is 3.01. The van der Waals surface area contributed by atoms with Crippen molar-refractivity contribution in [1.82, 2.24) is 0 Å². The van der Waals surface area contributed by atoms with Gasteiger partial charge in [-0.2, -0.15) is 11.8 Å². The first-order chi connectivity index (χ1) is 7.27. The van der Waals surface area contributed by atoms with Gasteiger partial charge in [-0.3, -0.25) is 0 Å². The van der Waals surface area contributed by atoms with Crippen LogP contribution >= 0.6 is 11.8 Å². The zero-order chi connectivity index (χ0) is 11.3.